The maximum Gasteiger partial charge on any atom is 0.283 e. The van der Waals surface area contributed by atoms with E-state index in [2.05, 4.69) is 22.4 Å². The van der Waals surface area contributed by atoms with Gasteiger partial charge in [0.1, 0.15) is 0 Å². The van der Waals surface area contributed by atoms with Crippen molar-refractivity contribution in [3.63, 3.8) is 0 Å². The first kappa shape index (κ1) is 18.2. The van der Waals surface area contributed by atoms with Gasteiger partial charge in [0.2, 0.25) is 0 Å². The van der Waals surface area contributed by atoms with Gasteiger partial charge in [0.05, 0.1) is 12.8 Å². The fourth-order valence-corrected chi connectivity index (χ4v) is 2.82. The number of amides is 1. The largest absolute Gasteiger partial charge is 0.459 e. The number of halogens is 1. The minimum Gasteiger partial charge on any atom is -0.459 e. The molecule has 8 heteroatoms. The van der Waals surface area contributed by atoms with Crippen molar-refractivity contribution < 1.29 is 18.5 Å². The van der Waals surface area contributed by atoms with Crippen LogP contribution in [-0.2, 0) is 11.3 Å². The molecule has 7 nitrogen and oxygen atoms in total. The maximum absolute atomic E-state index is 12.3. The summed E-state index contributed by atoms with van der Waals surface area (Å²) in [6, 6.07) is 10.6. The molecule has 0 saturated carbocycles. The van der Waals surface area contributed by atoms with Gasteiger partial charge in [-0.15, -0.1) is 10.2 Å². The van der Waals surface area contributed by atoms with E-state index >= 15 is 0 Å². The number of aromatic nitrogens is 2. The molecular weight excluding hydrogens is 356 g/mol. The predicted molar refractivity (Wildman–Crippen MR) is 96.8 cm³/mol. The van der Waals surface area contributed by atoms with Gasteiger partial charge in [0, 0.05) is 10.7 Å². The Hall–Kier alpha value is -2.64. The summed E-state index contributed by atoms with van der Waals surface area (Å²) >= 11 is 5.94. The fourth-order valence-electron chi connectivity index (χ4n) is 2.63. The van der Waals surface area contributed by atoms with Gasteiger partial charge in [-0.05, 0) is 36.8 Å². The second-order valence-corrected chi connectivity index (χ2v) is 6.33. The second kappa shape index (κ2) is 8.64. The third-order valence-electron chi connectivity index (χ3n) is 3.72. The van der Waals surface area contributed by atoms with Gasteiger partial charge in [-0.1, -0.05) is 24.6 Å². The van der Waals surface area contributed by atoms with E-state index in [0.29, 0.717) is 41.3 Å². The average Bonchev–Trinajstić information content (AvgIpc) is 3.26. The molecule has 0 spiro atoms. The molecule has 1 unspecified atom stereocenters. The molecule has 0 saturated heterocycles. The minimum atomic E-state index is -0.0958. The van der Waals surface area contributed by atoms with E-state index < -0.39 is 0 Å². The minimum absolute atomic E-state index is 0.0958. The Morgan fingerprint density at radius 2 is 2.15 bits per heavy atom. The van der Waals surface area contributed by atoms with Gasteiger partial charge in [0.15, 0.2) is 18.8 Å². The lowest BCUT2D eigenvalue weighted by Crippen LogP contribution is -3.11. The lowest BCUT2D eigenvalue weighted by molar-refractivity contribution is -0.907. The molecule has 1 aromatic carbocycles. The van der Waals surface area contributed by atoms with E-state index in [1.54, 1.807) is 42.7 Å². The molecule has 136 valence electrons. The normalized spacial score (nSPS) is 12.1. The molecule has 26 heavy (non-hydrogen) atoms. The molecule has 0 radical (unpaired) electrons. The number of nitrogens with one attached hydrogen (secondary N) is 2. The van der Waals surface area contributed by atoms with E-state index in [9.17, 15) is 4.79 Å². The zero-order valence-corrected chi connectivity index (χ0v) is 15.1. The van der Waals surface area contributed by atoms with Crippen LogP contribution in [0, 0.1) is 0 Å². The number of hydrogen-bond acceptors (Lipinski definition) is 5. The Labute approximate surface area is 156 Å². The number of carbonyl (C=O) groups excluding carboxylic acids is 1. The van der Waals surface area contributed by atoms with Crippen LogP contribution in [-0.4, -0.2) is 29.2 Å². The van der Waals surface area contributed by atoms with E-state index in [4.69, 9.17) is 20.4 Å². The Bertz CT molecular complexity index is 848. The van der Waals surface area contributed by atoms with Gasteiger partial charge in [-0.3, -0.25) is 4.79 Å². The molecule has 2 aromatic heterocycles. The van der Waals surface area contributed by atoms with Crippen LogP contribution in [0.1, 0.15) is 19.2 Å². The summed E-state index contributed by atoms with van der Waals surface area (Å²) in [5, 5.41) is 11.5. The van der Waals surface area contributed by atoms with E-state index in [1.807, 2.05) is 0 Å². The second-order valence-electron chi connectivity index (χ2n) is 5.89. The summed E-state index contributed by atoms with van der Waals surface area (Å²) in [5.41, 5.74) is 0.677. The Kier molecular flexibility index (Phi) is 6.04. The first-order valence-corrected chi connectivity index (χ1v) is 8.77. The molecule has 0 aliphatic carbocycles. The average molecular weight is 376 g/mol. The van der Waals surface area contributed by atoms with E-state index in [0.717, 1.165) is 17.9 Å². The van der Waals surface area contributed by atoms with Crippen LogP contribution < -0.4 is 10.2 Å². The van der Waals surface area contributed by atoms with Crippen molar-refractivity contribution in [1.29, 1.82) is 0 Å². The van der Waals surface area contributed by atoms with E-state index in [-0.39, 0.29) is 5.91 Å². The number of hydrogen-bond donors (Lipinski definition) is 2. The van der Waals surface area contributed by atoms with Crippen molar-refractivity contribution in [2.45, 2.75) is 19.9 Å². The van der Waals surface area contributed by atoms with Crippen molar-refractivity contribution in [3.8, 4) is 11.7 Å². The van der Waals surface area contributed by atoms with Crippen LogP contribution in [0.5, 0.6) is 0 Å². The van der Waals surface area contributed by atoms with Crippen LogP contribution in [0.2, 0.25) is 5.02 Å². The third-order valence-corrected chi connectivity index (χ3v) is 3.96. The summed E-state index contributed by atoms with van der Waals surface area (Å²) in [4.78, 5) is 13.4. The molecule has 0 bridgehead atoms. The lowest BCUT2D eigenvalue weighted by atomic mass is 10.3. The number of furan rings is 1. The van der Waals surface area contributed by atoms with Crippen molar-refractivity contribution in [3.05, 3.63) is 53.6 Å². The van der Waals surface area contributed by atoms with Crippen LogP contribution in [0.15, 0.2) is 51.5 Å². The topological polar surface area (TPSA) is 85.6 Å². The molecule has 3 rings (SSSR count). The fraction of sp³-hybridized carbons (Fsp3) is 0.278. The van der Waals surface area contributed by atoms with Crippen LogP contribution >= 0.6 is 11.6 Å². The summed E-state index contributed by atoms with van der Waals surface area (Å²) in [6.45, 7) is 3.63. The van der Waals surface area contributed by atoms with Crippen molar-refractivity contribution in [1.82, 2.24) is 10.2 Å². The molecule has 2 heterocycles. The number of benzene rings is 1. The maximum atomic E-state index is 12.3. The van der Waals surface area contributed by atoms with Crippen LogP contribution in [0.3, 0.4) is 0 Å². The highest BCUT2D eigenvalue weighted by atomic mass is 35.5. The van der Waals surface area contributed by atoms with Gasteiger partial charge in [0.25, 0.3) is 17.7 Å². The molecule has 2 N–H and O–H groups in total. The predicted octanol–water partition coefficient (Wildman–Crippen LogP) is 2.42. The number of rotatable bonds is 8. The summed E-state index contributed by atoms with van der Waals surface area (Å²) in [6.07, 6.45) is 2.48. The van der Waals surface area contributed by atoms with Crippen LogP contribution in [0.4, 0.5) is 5.69 Å². The number of carbonyl (C=O) groups is 1. The highest BCUT2D eigenvalue weighted by Gasteiger charge is 2.19. The van der Waals surface area contributed by atoms with E-state index in [1.165, 1.54) is 0 Å². The third kappa shape index (κ3) is 4.93. The molecule has 1 atom stereocenters. The summed E-state index contributed by atoms with van der Waals surface area (Å²) in [7, 11) is 0. The number of anilines is 1. The van der Waals surface area contributed by atoms with Crippen molar-refractivity contribution >= 4 is 23.2 Å². The Balaban J connectivity index is 1.61. The SMILES string of the molecule is CCC[NH+](CC(=O)Nc1cccc(Cl)c1)Cc1nnc(-c2ccco2)o1. The number of nitrogens with zero attached hydrogens (tertiary/aromatic N) is 2. The molecule has 3 aromatic rings. The smallest absolute Gasteiger partial charge is 0.283 e. The van der Waals surface area contributed by atoms with Gasteiger partial charge >= 0.3 is 0 Å². The quantitative estimate of drug-likeness (QED) is 0.631. The number of quaternary nitrogens is 1. The molecule has 0 fully saturated rings. The first-order valence-electron chi connectivity index (χ1n) is 8.39. The molecule has 0 aliphatic rings. The monoisotopic (exact) mass is 375 g/mol. The summed E-state index contributed by atoms with van der Waals surface area (Å²) < 4.78 is 10.9. The molecule has 0 aliphatic heterocycles. The Morgan fingerprint density at radius 1 is 1.27 bits per heavy atom. The van der Waals surface area contributed by atoms with Crippen molar-refractivity contribution in [2.75, 3.05) is 18.4 Å². The van der Waals surface area contributed by atoms with Gasteiger partial charge in [-0.25, -0.2) is 0 Å². The molecule has 1 amide bonds. The zero-order valence-electron chi connectivity index (χ0n) is 14.4. The highest BCUT2D eigenvalue weighted by molar-refractivity contribution is 6.30. The highest BCUT2D eigenvalue weighted by Crippen LogP contribution is 2.17. The Morgan fingerprint density at radius 3 is 2.88 bits per heavy atom. The van der Waals surface area contributed by atoms with Gasteiger partial charge in [-0.2, -0.15) is 0 Å². The van der Waals surface area contributed by atoms with Crippen LogP contribution in [0.25, 0.3) is 11.7 Å². The summed E-state index contributed by atoms with van der Waals surface area (Å²) in [5.74, 6) is 1.24. The van der Waals surface area contributed by atoms with Gasteiger partial charge < -0.3 is 19.1 Å². The lowest BCUT2D eigenvalue weighted by Gasteiger charge is -2.16. The zero-order chi connectivity index (χ0) is 18.4. The van der Waals surface area contributed by atoms with Crippen molar-refractivity contribution in [2.24, 2.45) is 0 Å². The first-order chi connectivity index (χ1) is 12.6. The standard InChI is InChI=1S/C18H19ClN4O3/c1-2-8-23(11-16(24)20-14-6-3-5-13(19)10-14)12-17-21-22-18(26-17)15-7-4-9-25-15/h3-7,9-10H,2,8,11-12H2,1H3,(H,20,24)/p+1. The molecular formula is C18H20ClN4O3+.